The minimum atomic E-state index is 0.147. The molecule has 0 spiro atoms. The van der Waals surface area contributed by atoms with Gasteiger partial charge >= 0.3 is 0 Å². The fourth-order valence-corrected chi connectivity index (χ4v) is 1.26. The van der Waals surface area contributed by atoms with E-state index < -0.39 is 0 Å². The van der Waals surface area contributed by atoms with Crippen LogP contribution < -0.4 is 15.4 Å². The molecule has 0 aliphatic heterocycles. The first-order chi connectivity index (χ1) is 7.26. The van der Waals surface area contributed by atoms with Crippen molar-refractivity contribution in [1.29, 1.82) is 0 Å². The maximum atomic E-state index is 10.8. The van der Waals surface area contributed by atoms with Crippen molar-refractivity contribution in [1.82, 2.24) is 0 Å². The highest BCUT2D eigenvalue weighted by atomic mass is 16.6. The van der Waals surface area contributed by atoms with Crippen LogP contribution in [0.15, 0.2) is 12.1 Å². The molecular weight excluding hydrogens is 198 g/mol. The standard InChI is InChI=1S/C10H13NO4/c1-13-9-3-7(5-12)8(6-15-11)4-10(9)14-2/h3-5H,6,11H2,1-2H3. The van der Waals surface area contributed by atoms with Gasteiger partial charge in [-0.25, -0.2) is 5.90 Å². The number of methoxy groups -OCH3 is 2. The van der Waals surface area contributed by atoms with E-state index in [1.54, 1.807) is 12.1 Å². The molecular formula is C10H13NO4. The molecule has 0 saturated heterocycles. The molecule has 0 bridgehead atoms. The van der Waals surface area contributed by atoms with Crippen molar-refractivity contribution in [3.05, 3.63) is 23.3 Å². The van der Waals surface area contributed by atoms with E-state index in [1.807, 2.05) is 0 Å². The molecule has 5 nitrogen and oxygen atoms in total. The Labute approximate surface area is 87.7 Å². The third-order valence-corrected chi connectivity index (χ3v) is 2.01. The Balaban J connectivity index is 3.20. The van der Waals surface area contributed by atoms with Gasteiger partial charge in [-0.15, -0.1) is 0 Å². The number of rotatable bonds is 5. The van der Waals surface area contributed by atoms with Crippen LogP contribution in [0.25, 0.3) is 0 Å². The summed E-state index contributed by atoms with van der Waals surface area (Å²) < 4.78 is 10.1. The van der Waals surface area contributed by atoms with Gasteiger partial charge in [0.25, 0.3) is 0 Å². The lowest BCUT2D eigenvalue weighted by Gasteiger charge is -2.11. The molecule has 1 aromatic carbocycles. The molecule has 0 aliphatic carbocycles. The molecule has 0 unspecified atom stereocenters. The number of hydrogen-bond acceptors (Lipinski definition) is 5. The van der Waals surface area contributed by atoms with Crippen LogP contribution in [0.1, 0.15) is 15.9 Å². The molecule has 82 valence electrons. The van der Waals surface area contributed by atoms with Crippen LogP contribution in [-0.2, 0) is 11.4 Å². The molecule has 5 heteroatoms. The number of aldehydes is 1. The molecule has 0 aromatic heterocycles. The maximum Gasteiger partial charge on any atom is 0.161 e. The predicted octanol–water partition coefficient (Wildman–Crippen LogP) is 0.907. The summed E-state index contributed by atoms with van der Waals surface area (Å²) >= 11 is 0. The van der Waals surface area contributed by atoms with Crippen LogP contribution >= 0.6 is 0 Å². The molecule has 15 heavy (non-hydrogen) atoms. The van der Waals surface area contributed by atoms with Crippen molar-refractivity contribution in [2.45, 2.75) is 6.61 Å². The Morgan fingerprint density at radius 3 is 2.33 bits per heavy atom. The third kappa shape index (κ3) is 2.45. The number of nitrogens with two attached hydrogens (primary N) is 1. The third-order valence-electron chi connectivity index (χ3n) is 2.01. The van der Waals surface area contributed by atoms with E-state index in [-0.39, 0.29) is 6.61 Å². The Morgan fingerprint density at radius 2 is 1.87 bits per heavy atom. The number of ether oxygens (including phenoxy) is 2. The van der Waals surface area contributed by atoms with Crippen molar-refractivity contribution in [3.8, 4) is 11.5 Å². The fourth-order valence-electron chi connectivity index (χ4n) is 1.26. The largest absolute Gasteiger partial charge is 0.493 e. The van der Waals surface area contributed by atoms with E-state index in [1.165, 1.54) is 14.2 Å². The predicted molar refractivity (Wildman–Crippen MR) is 53.9 cm³/mol. The fraction of sp³-hybridized carbons (Fsp3) is 0.300. The Bertz CT molecular complexity index is 352. The molecule has 0 saturated carbocycles. The molecule has 0 amide bonds. The van der Waals surface area contributed by atoms with Crippen LogP contribution in [0.2, 0.25) is 0 Å². The highest BCUT2D eigenvalue weighted by Gasteiger charge is 2.10. The van der Waals surface area contributed by atoms with Crippen molar-refractivity contribution in [2.75, 3.05) is 14.2 Å². The zero-order chi connectivity index (χ0) is 11.3. The summed E-state index contributed by atoms with van der Waals surface area (Å²) in [5.41, 5.74) is 1.13. The van der Waals surface area contributed by atoms with Crippen molar-refractivity contribution < 1.29 is 19.1 Å². The van der Waals surface area contributed by atoms with E-state index in [9.17, 15) is 4.79 Å². The summed E-state index contributed by atoms with van der Waals surface area (Å²) in [7, 11) is 3.02. The summed E-state index contributed by atoms with van der Waals surface area (Å²) in [6, 6.07) is 3.25. The Hall–Kier alpha value is -1.59. The van der Waals surface area contributed by atoms with Gasteiger partial charge in [-0.1, -0.05) is 0 Å². The monoisotopic (exact) mass is 211 g/mol. The van der Waals surface area contributed by atoms with Gasteiger partial charge in [0, 0.05) is 5.56 Å². The average molecular weight is 211 g/mol. The first-order valence-corrected chi connectivity index (χ1v) is 4.28. The molecule has 0 radical (unpaired) electrons. The Kier molecular flexibility index (Phi) is 4.08. The lowest BCUT2D eigenvalue weighted by Crippen LogP contribution is -2.03. The second-order valence-corrected chi connectivity index (χ2v) is 2.83. The maximum absolute atomic E-state index is 10.8. The quantitative estimate of drug-likeness (QED) is 0.579. The molecule has 0 atom stereocenters. The molecule has 0 heterocycles. The minimum Gasteiger partial charge on any atom is -0.493 e. The van der Waals surface area contributed by atoms with Gasteiger partial charge < -0.3 is 9.47 Å². The second-order valence-electron chi connectivity index (χ2n) is 2.83. The molecule has 2 N–H and O–H groups in total. The lowest BCUT2D eigenvalue weighted by molar-refractivity contribution is 0.110. The van der Waals surface area contributed by atoms with Crippen molar-refractivity contribution in [2.24, 2.45) is 5.90 Å². The van der Waals surface area contributed by atoms with Crippen LogP contribution in [0.3, 0.4) is 0 Å². The topological polar surface area (TPSA) is 70.8 Å². The zero-order valence-electron chi connectivity index (χ0n) is 8.65. The summed E-state index contributed by atoms with van der Waals surface area (Å²) in [5.74, 6) is 6.00. The lowest BCUT2D eigenvalue weighted by atomic mass is 10.1. The first kappa shape index (κ1) is 11.5. The van der Waals surface area contributed by atoms with Crippen LogP contribution in [-0.4, -0.2) is 20.5 Å². The highest BCUT2D eigenvalue weighted by molar-refractivity contribution is 5.79. The SMILES string of the molecule is COc1cc(C=O)c(CON)cc1OC. The number of carbonyl (C=O) groups is 1. The summed E-state index contributed by atoms with van der Waals surface area (Å²) in [5, 5.41) is 0. The van der Waals surface area contributed by atoms with E-state index in [4.69, 9.17) is 15.4 Å². The van der Waals surface area contributed by atoms with Gasteiger partial charge in [-0.2, -0.15) is 0 Å². The van der Waals surface area contributed by atoms with Crippen LogP contribution in [0.4, 0.5) is 0 Å². The summed E-state index contributed by atoms with van der Waals surface area (Å²) in [6.45, 7) is 0.147. The second kappa shape index (κ2) is 5.33. The van der Waals surface area contributed by atoms with E-state index in [2.05, 4.69) is 4.84 Å². The van der Waals surface area contributed by atoms with E-state index >= 15 is 0 Å². The van der Waals surface area contributed by atoms with Crippen LogP contribution in [0, 0.1) is 0 Å². The van der Waals surface area contributed by atoms with Gasteiger partial charge in [0.15, 0.2) is 17.8 Å². The average Bonchev–Trinajstić information content (AvgIpc) is 2.28. The van der Waals surface area contributed by atoms with E-state index in [0.717, 1.165) is 6.29 Å². The summed E-state index contributed by atoms with van der Waals surface area (Å²) in [4.78, 5) is 15.3. The summed E-state index contributed by atoms with van der Waals surface area (Å²) in [6.07, 6.45) is 0.719. The van der Waals surface area contributed by atoms with Gasteiger partial charge in [0.1, 0.15) is 0 Å². The number of carbonyl (C=O) groups excluding carboxylic acids is 1. The molecule has 1 aromatic rings. The highest BCUT2D eigenvalue weighted by Crippen LogP contribution is 2.30. The Morgan fingerprint density at radius 1 is 1.27 bits per heavy atom. The normalized spacial score (nSPS) is 9.80. The van der Waals surface area contributed by atoms with Gasteiger partial charge in [0.05, 0.1) is 20.8 Å². The van der Waals surface area contributed by atoms with Crippen molar-refractivity contribution >= 4 is 6.29 Å². The van der Waals surface area contributed by atoms with E-state index in [0.29, 0.717) is 22.6 Å². The molecule has 0 fully saturated rings. The van der Waals surface area contributed by atoms with Gasteiger partial charge in [-0.05, 0) is 17.7 Å². The molecule has 0 aliphatic rings. The van der Waals surface area contributed by atoms with Crippen molar-refractivity contribution in [3.63, 3.8) is 0 Å². The van der Waals surface area contributed by atoms with Gasteiger partial charge in [-0.3, -0.25) is 9.63 Å². The first-order valence-electron chi connectivity index (χ1n) is 4.28. The van der Waals surface area contributed by atoms with Gasteiger partial charge in [0.2, 0.25) is 0 Å². The van der Waals surface area contributed by atoms with Crippen LogP contribution in [0.5, 0.6) is 11.5 Å². The molecule has 1 rings (SSSR count). The minimum absolute atomic E-state index is 0.147. The smallest absolute Gasteiger partial charge is 0.161 e. The number of benzene rings is 1. The zero-order valence-corrected chi connectivity index (χ0v) is 8.65. The number of hydrogen-bond donors (Lipinski definition) is 1.